The Kier molecular flexibility index (Phi) is 18.9. The van der Waals surface area contributed by atoms with E-state index in [9.17, 15) is 0 Å². The van der Waals surface area contributed by atoms with Crippen LogP contribution in [0.1, 0.15) is 104 Å². The van der Waals surface area contributed by atoms with Gasteiger partial charge < -0.3 is 13.6 Å². The molecular weight excluding hydrogens is 371 g/mol. The average Bonchev–Trinajstić information content (AvgIpc) is 2.68. The van der Waals surface area contributed by atoms with E-state index < -0.39 is 7.57 Å². The summed E-state index contributed by atoms with van der Waals surface area (Å²) in [6.07, 6.45) is 19.0. The molecule has 0 aliphatic carbocycles. The van der Waals surface area contributed by atoms with Gasteiger partial charge >= 0.3 is 0 Å². The number of nitriles is 2. The minimum absolute atomic E-state index is 0.0678. The van der Waals surface area contributed by atoms with Gasteiger partial charge in [-0.05, 0) is 19.1 Å². The maximum absolute atomic E-state index is 8.77. The molecule has 0 saturated heterocycles. The molecule has 0 bridgehead atoms. The fraction of sp³-hybridized carbons (Fsp3) is 0.864. The van der Waals surface area contributed by atoms with Crippen LogP contribution in [0.3, 0.4) is 0 Å². The van der Waals surface area contributed by atoms with Crippen LogP contribution in [0.15, 0.2) is 0 Å². The van der Waals surface area contributed by atoms with Gasteiger partial charge in [-0.2, -0.15) is 10.5 Å². The Balaban J connectivity index is 4.71. The number of hydrogen-bond acceptors (Lipinski definition) is 5. The average molecular weight is 413 g/mol. The molecule has 162 valence electrons. The third-order valence-corrected chi connectivity index (χ3v) is 6.34. The van der Waals surface area contributed by atoms with Gasteiger partial charge in [-0.25, -0.2) is 0 Å². The van der Waals surface area contributed by atoms with Crippen LogP contribution < -0.4 is 0 Å². The second-order valence-corrected chi connectivity index (χ2v) is 9.18. The predicted octanol–water partition coefficient (Wildman–Crippen LogP) is 7.15. The van der Waals surface area contributed by atoms with Crippen LogP contribution in [-0.2, 0) is 13.6 Å². The van der Waals surface area contributed by atoms with Gasteiger partial charge in [-0.3, -0.25) is 0 Å². The fourth-order valence-electron chi connectivity index (χ4n) is 2.99. The summed E-state index contributed by atoms with van der Waals surface area (Å²) in [5.74, 6) is 0. The number of unbranched alkanes of at least 4 members (excludes halogenated alkanes) is 8. The van der Waals surface area contributed by atoms with E-state index in [1.54, 1.807) is 0 Å². The van der Waals surface area contributed by atoms with Crippen LogP contribution in [0.2, 0.25) is 0 Å². The highest BCUT2D eigenvalue weighted by Crippen LogP contribution is 2.51. The van der Waals surface area contributed by atoms with E-state index in [2.05, 4.69) is 32.3 Å². The van der Waals surface area contributed by atoms with Crippen molar-refractivity contribution >= 4 is 13.9 Å². The predicted molar refractivity (Wildman–Crippen MR) is 118 cm³/mol. The smallest absolute Gasteiger partial charge is 0.250 e. The molecule has 6 heteroatoms. The quantitative estimate of drug-likeness (QED) is 0.157. The summed E-state index contributed by atoms with van der Waals surface area (Å²) >= 11 is 0. The van der Waals surface area contributed by atoms with E-state index in [1.165, 1.54) is 51.4 Å². The summed E-state index contributed by atoms with van der Waals surface area (Å²) in [5, 5.41) is 17.5. The van der Waals surface area contributed by atoms with Crippen LogP contribution in [-0.4, -0.2) is 25.6 Å². The molecular formula is C22H41N2O3P. The van der Waals surface area contributed by atoms with Crippen molar-refractivity contribution in [3.8, 4) is 12.1 Å². The molecule has 0 radical (unpaired) electrons. The maximum atomic E-state index is 8.77. The molecule has 0 aromatic rings. The lowest BCUT2D eigenvalue weighted by atomic mass is 10.0. The van der Waals surface area contributed by atoms with Crippen molar-refractivity contribution in [2.45, 2.75) is 110 Å². The Bertz CT molecular complexity index is 447. The first kappa shape index (κ1) is 27.2. The summed E-state index contributed by atoms with van der Waals surface area (Å²) in [6, 6.07) is 4.14. The molecule has 0 atom stereocenters. The van der Waals surface area contributed by atoms with Crippen molar-refractivity contribution in [3.05, 3.63) is 0 Å². The second-order valence-electron chi connectivity index (χ2n) is 7.23. The highest BCUT2D eigenvalue weighted by molar-refractivity contribution is 7.59. The van der Waals surface area contributed by atoms with Crippen LogP contribution in [0, 0.1) is 22.7 Å². The van der Waals surface area contributed by atoms with Crippen molar-refractivity contribution in [2.75, 3.05) is 13.2 Å². The zero-order chi connectivity index (χ0) is 20.9. The van der Waals surface area contributed by atoms with E-state index in [0.717, 1.165) is 25.7 Å². The van der Waals surface area contributed by atoms with Gasteiger partial charge in [0.2, 0.25) is 0 Å². The van der Waals surface area contributed by atoms with E-state index >= 15 is 0 Å². The summed E-state index contributed by atoms with van der Waals surface area (Å²) in [7, 11) is -2.76. The van der Waals surface area contributed by atoms with E-state index in [-0.39, 0.29) is 32.2 Å². The van der Waals surface area contributed by atoms with E-state index in [4.69, 9.17) is 24.1 Å². The summed E-state index contributed by atoms with van der Waals surface area (Å²) in [6.45, 7) is 4.95. The molecule has 0 rings (SSSR count). The monoisotopic (exact) mass is 412 g/mol. The summed E-state index contributed by atoms with van der Waals surface area (Å²) in [4.78, 5) is 0. The van der Waals surface area contributed by atoms with Gasteiger partial charge in [0.1, 0.15) is 0 Å². The Morgan fingerprint density at radius 3 is 1.57 bits per heavy atom. The molecule has 0 amide bonds. The van der Waals surface area contributed by atoms with Crippen LogP contribution in [0.5, 0.6) is 0 Å². The van der Waals surface area contributed by atoms with Gasteiger partial charge in [-0.15, -0.1) is 0 Å². The summed E-state index contributed by atoms with van der Waals surface area (Å²) in [5.41, 5.74) is 0. The van der Waals surface area contributed by atoms with Crippen LogP contribution >= 0.6 is 7.57 Å². The highest BCUT2D eigenvalue weighted by Gasteiger charge is 2.23. The minimum atomic E-state index is -2.76. The van der Waals surface area contributed by atoms with Crippen molar-refractivity contribution in [1.29, 1.82) is 10.5 Å². The molecule has 0 fully saturated rings. The van der Waals surface area contributed by atoms with Gasteiger partial charge in [0, 0.05) is 0 Å². The largest absolute Gasteiger partial charge is 0.316 e. The number of rotatable bonds is 20. The standard InChI is InChI=1S/C22H41N2O3P/c1-4-6-8-10-12-16-22(17-13-11-9-7-5-2)27-28(3,25-20-14-18-23)26-21-15-19-24/h22H,3-17,20-21H2,1-2H3. The van der Waals surface area contributed by atoms with Crippen LogP contribution in [0.25, 0.3) is 0 Å². The molecule has 0 aliphatic rings. The molecule has 0 aliphatic heterocycles. The SMILES string of the molecule is C=P(OCCC#N)(OCCC#N)OC(CCCCCCC)CCCCCCC. The van der Waals surface area contributed by atoms with Gasteiger partial charge in [0.15, 0.2) is 0 Å². The molecule has 0 heterocycles. The molecule has 0 aromatic carbocycles. The van der Waals surface area contributed by atoms with Crippen molar-refractivity contribution in [2.24, 2.45) is 0 Å². The topological polar surface area (TPSA) is 75.3 Å². The van der Waals surface area contributed by atoms with E-state index in [0.29, 0.717) is 0 Å². The van der Waals surface area contributed by atoms with Crippen molar-refractivity contribution in [1.82, 2.24) is 0 Å². The fourth-order valence-corrected chi connectivity index (χ4v) is 4.59. The Morgan fingerprint density at radius 1 is 0.750 bits per heavy atom. The molecule has 0 saturated carbocycles. The molecule has 28 heavy (non-hydrogen) atoms. The molecule has 0 aromatic heterocycles. The Hall–Kier alpha value is -0.840. The third kappa shape index (κ3) is 16.1. The normalized spacial score (nSPS) is 11.5. The highest BCUT2D eigenvalue weighted by atomic mass is 31.2. The second kappa shape index (κ2) is 19.5. The number of nitrogens with zero attached hydrogens (tertiary/aromatic N) is 2. The zero-order valence-corrected chi connectivity index (χ0v) is 19.1. The zero-order valence-electron chi connectivity index (χ0n) is 18.2. The summed E-state index contributed by atoms with van der Waals surface area (Å²) < 4.78 is 17.8. The molecule has 0 N–H and O–H groups in total. The van der Waals surface area contributed by atoms with Crippen LogP contribution in [0.4, 0.5) is 0 Å². The Labute approximate surface area is 173 Å². The Morgan fingerprint density at radius 2 is 1.18 bits per heavy atom. The molecule has 0 unspecified atom stereocenters. The first-order chi connectivity index (χ1) is 13.6. The molecule has 0 spiro atoms. The lowest BCUT2D eigenvalue weighted by Gasteiger charge is -2.29. The van der Waals surface area contributed by atoms with Gasteiger partial charge in [0.05, 0.1) is 44.3 Å². The molecule has 5 nitrogen and oxygen atoms in total. The first-order valence-electron chi connectivity index (χ1n) is 11.1. The van der Waals surface area contributed by atoms with Gasteiger partial charge in [0.25, 0.3) is 7.57 Å². The lowest BCUT2D eigenvalue weighted by molar-refractivity contribution is 0.102. The third-order valence-electron chi connectivity index (χ3n) is 4.57. The van der Waals surface area contributed by atoms with Gasteiger partial charge in [-0.1, -0.05) is 78.1 Å². The minimum Gasteiger partial charge on any atom is -0.316 e. The van der Waals surface area contributed by atoms with Crippen molar-refractivity contribution < 1.29 is 13.6 Å². The number of hydrogen-bond donors (Lipinski definition) is 0. The lowest BCUT2D eigenvalue weighted by Crippen LogP contribution is -2.15. The maximum Gasteiger partial charge on any atom is 0.250 e. The van der Waals surface area contributed by atoms with Crippen molar-refractivity contribution in [3.63, 3.8) is 0 Å². The first-order valence-corrected chi connectivity index (χ1v) is 12.8. The van der Waals surface area contributed by atoms with E-state index in [1.807, 2.05) is 0 Å².